The van der Waals surface area contributed by atoms with Crippen LogP contribution in [-0.2, 0) is 30.8 Å². The maximum Gasteiger partial charge on any atom is 0.295 e. The van der Waals surface area contributed by atoms with Gasteiger partial charge in [-0.1, -0.05) is 31.2 Å². The average molecular weight is 628 g/mol. The van der Waals surface area contributed by atoms with E-state index in [1.807, 2.05) is 35.8 Å². The number of amides is 2. The molecule has 4 heterocycles. The maximum absolute atomic E-state index is 13.3. The standard InChI is InChI=1S/C32H37N9O5/c1-4-22-28(46-19(2)35-22)30(43)38-32-37-24-16-21(29(33)42)17-25(44-3)27(24)41(32)11-6-5-10-40-26-20(18-39-12-14-45-15-13-39)8-7-9-23(26)36-31(40)34/h5-9,16-17H,4,10-15,18H2,1-3H3,(H2,33,42)(H2,34,36)(H,37,38,43)/b6-5+. The number of hydrogen-bond acceptors (Lipinski definition) is 10. The zero-order chi connectivity index (χ0) is 32.4. The van der Waals surface area contributed by atoms with Crippen LogP contribution >= 0.6 is 0 Å². The minimum absolute atomic E-state index is 0.120. The highest BCUT2D eigenvalue weighted by molar-refractivity contribution is 6.04. The van der Waals surface area contributed by atoms with Gasteiger partial charge in [-0.25, -0.2) is 15.0 Å². The van der Waals surface area contributed by atoms with Gasteiger partial charge in [0.2, 0.25) is 23.6 Å². The summed E-state index contributed by atoms with van der Waals surface area (Å²) in [6.45, 7) is 8.32. The summed E-state index contributed by atoms with van der Waals surface area (Å²) in [5.41, 5.74) is 16.7. The molecule has 0 radical (unpaired) electrons. The number of aromatic nitrogens is 5. The Morgan fingerprint density at radius 3 is 2.52 bits per heavy atom. The Morgan fingerprint density at radius 1 is 1.04 bits per heavy atom. The Balaban J connectivity index is 1.32. The van der Waals surface area contributed by atoms with Crippen molar-refractivity contribution in [1.82, 2.24) is 29.0 Å². The fraction of sp³-hybridized carbons (Fsp3) is 0.344. The third-order valence-corrected chi connectivity index (χ3v) is 8.00. The Labute approximate surface area is 265 Å². The molecule has 6 rings (SSSR count). The molecule has 240 valence electrons. The van der Waals surface area contributed by atoms with E-state index in [2.05, 4.69) is 31.2 Å². The molecule has 0 bridgehead atoms. The first-order chi connectivity index (χ1) is 22.3. The molecular formula is C32H37N9O5. The number of benzene rings is 2. The van der Waals surface area contributed by atoms with Gasteiger partial charge in [0.05, 0.1) is 42.6 Å². The SMILES string of the molecule is CCc1nc(C)oc1C(=O)Nc1nc2cc(C(N)=O)cc(OC)c2n1C/C=C/Cn1c(N)nc2cccc(CN3CCOCC3)c21. The first kappa shape index (κ1) is 30.8. The van der Waals surface area contributed by atoms with Crippen molar-refractivity contribution < 1.29 is 23.5 Å². The zero-order valence-corrected chi connectivity index (χ0v) is 26.1. The molecule has 14 nitrogen and oxygen atoms in total. The summed E-state index contributed by atoms with van der Waals surface area (Å²) in [7, 11) is 1.50. The first-order valence-electron chi connectivity index (χ1n) is 15.1. The number of primary amides is 1. The summed E-state index contributed by atoms with van der Waals surface area (Å²) in [6.07, 6.45) is 4.46. The molecule has 0 aliphatic carbocycles. The number of nitrogens with one attached hydrogen (secondary N) is 1. The second kappa shape index (κ2) is 13.0. The number of methoxy groups -OCH3 is 1. The number of hydrogen-bond donors (Lipinski definition) is 3. The van der Waals surface area contributed by atoms with Gasteiger partial charge >= 0.3 is 0 Å². The minimum Gasteiger partial charge on any atom is -0.494 e. The number of oxazole rings is 1. The predicted molar refractivity (Wildman–Crippen MR) is 173 cm³/mol. The van der Waals surface area contributed by atoms with Crippen molar-refractivity contribution in [2.75, 3.05) is 44.5 Å². The molecule has 1 fully saturated rings. The van der Waals surface area contributed by atoms with E-state index in [-0.39, 0.29) is 17.3 Å². The van der Waals surface area contributed by atoms with Gasteiger partial charge in [-0.15, -0.1) is 0 Å². The fourth-order valence-corrected chi connectivity index (χ4v) is 5.80. The van der Waals surface area contributed by atoms with Gasteiger partial charge in [0.1, 0.15) is 11.3 Å². The molecule has 1 saturated heterocycles. The van der Waals surface area contributed by atoms with Gasteiger partial charge in [-0.05, 0) is 30.2 Å². The third-order valence-electron chi connectivity index (χ3n) is 8.00. The number of morpholine rings is 1. The fourth-order valence-electron chi connectivity index (χ4n) is 5.80. The Kier molecular flexibility index (Phi) is 8.72. The number of anilines is 2. The van der Waals surface area contributed by atoms with Gasteiger partial charge in [0.25, 0.3) is 5.91 Å². The molecule has 2 aromatic carbocycles. The molecule has 2 amide bonds. The van der Waals surface area contributed by atoms with Crippen LogP contribution in [0, 0.1) is 6.92 Å². The lowest BCUT2D eigenvalue weighted by Crippen LogP contribution is -2.35. The Morgan fingerprint density at radius 2 is 1.80 bits per heavy atom. The Bertz CT molecular complexity index is 1950. The number of carbonyl (C=O) groups excluding carboxylic acids is 2. The van der Waals surface area contributed by atoms with Gasteiger partial charge < -0.3 is 34.5 Å². The highest BCUT2D eigenvalue weighted by atomic mass is 16.5. The summed E-state index contributed by atoms with van der Waals surface area (Å²) in [6, 6.07) is 9.21. The number of imidazole rings is 2. The van der Waals surface area contributed by atoms with Gasteiger partial charge in [0.15, 0.2) is 5.89 Å². The van der Waals surface area contributed by atoms with Crippen LogP contribution in [0.25, 0.3) is 22.1 Å². The lowest BCUT2D eigenvalue weighted by Gasteiger charge is -2.27. The molecule has 0 spiro atoms. The molecule has 14 heteroatoms. The number of fused-ring (bicyclic) bond motifs is 2. The molecule has 3 aromatic heterocycles. The van der Waals surface area contributed by atoms with E-state index in [4.69, 9.17) is 25.4 Å². The van der Waals surface area contributed by atoms with Crippen molar-refractivity contribution in [3.63, 3.8) is 0 Å². The van der Waals surface area contributed by atoms with E-state index in [1.165, 1.54) is 7.11 Å². The molecule has 0 saturated carbocycles. The molecule has 5 N–H and O–H groups in total. The molecule has 0 unspecified atom stereocenters. The summed E-state index contributed by atoms with van der Waals surface area (Å²) in [5, 5.41) is 2.86. The number of allylic oxidation sites excluding steroid dienone is 2. The number of nitrogens with two attached hydrogens (primary N) is 2. The summed E-state index contributed by atoms with van der Waals surface area (Å²) in [4.78, 5) is 41.3. The van der Waals surface area contributed by atoms with E-state index in [9.17, 15) is 9.59 Å². The first-order valence-corrected chi connectivity index (χ1v) is 15.1. The summed E-state index contributed by atoms with van der Waals surface area (Å²) in [5.74, 6) is 0.446. The third kappa shape index (κ3) is 6.04. The smallest absolute Gasteiger partial charge is 0.295 e. The van der Waals surface area contributed by atoms with Crippen LogP contribution in [0.3, 0.4) is 0 Å². The number of ether oxygens (including phenoxy) is 2. The number of rotatable bonds is 11. The van der Waals surface area contributed by atoms with Crippen LogP contribution < -0.4 is 21.5 Å². The second-order valence-electron chi connectivity index (χ2n) is 11.0. The highest BCUT2D eigenvalue weighted by Gasteiger charge is 2.23. The zero-order valence-electron chi connectivity index (χ0n) is 26.1. The van der Waals surface area contributed by atoms with E-state index in [1.54, 1.807) is 23.6 Å². The van der Waals surface area contributed by atoms with Crippen molar-refractivity contribution in [2.45, 2.75) is 39.9 Å². The van der Waals surface area contributed by atoms with Crippen LogP contribution in [0.4, 0.5) is 11.9 Å². The number of nitrogens with zero attached hydrogens (tertiary/aromatic N) is 6. The van der Waals surface area contributed by atoms with Crippen molar-refractivity contribution in [3.8, 4) is 5.75 Å². The topological polar surface area (TPSA) is 182 Å². The second-order valence-corrected chi connectivity index (χ2v) is 11.0. The molecule has 5 aromatic rings. The van der Waals surface area contributed by atoms with Crippen LogP contribution in [0.1, 0.15) is 45.0 Å². The van der Waals surface area contributed by atoms with Crippen LogP contribution in [0.5, 0.6) is 5.75 Å². The quantitative estimate of drug-likeness (QED) is 0.184. The predicted octanol–water partition coefficient (Wildman–Crippen LogP) is 3.28. The number of aryl methyl sites for hydroxylation is 2. The highest BCUT2D eigenvalue weighted by Crippen LogP contribution is 2.31. The minimum atomic E-state index is -0.622. The van der Waals surface area contributed by atoms with E-state index < -0.39 is 11.8 Å². The average Bonchev–Trinajstić information content (AvgIpc) is 3.71. The maximum atomic E-state index is 13.3. The van der Waals surface area contributed by atoms with E-state index in [0.29, 0.717) is 53.8 Å². The van der Waals surface area contributed by atoms with Crippen LogP contribution in [0.2, 0.25) is 0 Å². The van der Waals surface area contributed by atoms with Crippen molar-refractivity contribution >= 4 is 45.8 Å². The van der Waals surface area contributed by atoms with Gasteiger partial charge in [-0.2, -0.15) is 0 Å². The number of nitrogen functional groups attached to an aromatic ring is 1. The van der Waals surface area contributed by atoms with Gasteiger partial charge in [0, 0.05) is 45.2 Å². The molecule has 1 aliphatic heterocycles. The molecular weight excluding hydrogens is 590 g/mol. The van der Waals surface area contributed by atoms with Crippen molar-refractivity contribution in [2.24, 2.45) is 5.73 Å². The lowest BCUT2D eigenvalue weighted by molar-refractivity contribution is 0.0343. The molecule has 0 atom stereocenters. The number of para-hydroxylation sites is 1. The van der Waals surface area contributed by atoms with Crippen molar-refractivity contribution in [1.29, 1.82) is 0 Å². The Hall–Kier alpha value is -5.21. The summed E-state index contributed by atoms with van der Waals surface area (Å²) < 4.78 is 20.5. The van der Waals surface area contributed by atoms with Crippen LogP contribution in [0.15, 0.2) is 46.9 Å². The monoisotopic (exact) mass is 627 g/mol. The van der Waals surface area contributed by atoms with E-state index in [0.717, 1.165) is 49.4 Å². The lowest BCUT2D eigenvalue weighted by atomic mass is 10.1. The van der Waals surface area contributed by atoms with E-state index >= 15 is 0 Å². The van der Waals surface area contributed by atoms with Gasteiger partial charge in [-0.3, -0.25) is 19.8 Å². The molecule has 1 aliphatic rings. The number of carbonyl (C=O) groups is 2. The summed E-state index contributed by atoms with van der Waals surface area (Å²) >= 11 is 0. The normalized spacial score (nSPS) is 14.1. The molecule has 46 heavy (non-hydrogen) atoms. The largest absolute Gasteiger partial charge is 0.494 e. The van der Waals surface area contributed by atoms with Crippen molar-refractivity contribution in [3.05, 3.63) is 71.0 Å². The van der Waals surface area contributed by atoms with Crippen LogP contribution in [-0.4, -0.2) is 74.2 Å².